The molecular weight excluding hydrogens is 190 g/mol. The summed E-state index contributed by atoms with van der Waals surface area (Å²) in [6, 6.07) is 8.11. The molecule has 3 heteroatoms. The molecule has 1 atom stereocenters. The fourth-order valence-corrected chi connectivity index (χ4v) is 1.38. The number of methoxy groups -OCH3 is 1. The van der Waals surface area contributed by atoms with Gasteiger partial charge in [0.2, 0.25) is 0 Å². The predicted octanol–water partition coefficient (Wildman–Crippen LogP) is 1.56. The smallest absolute Gasteiger partial charge is 0.119 e. The molecule has 0 radical (unpaired) electrons. The van der Waals surface area contributed by atoms with Gasteiger partial charge in [-0.25, -0.2) is 0 Å². The lowest BCUT2D eigenvalue weighted by atomic mass is 10.2. The summed E-state index contributed by atoms with van der Waals surface area (Å²) in [5, 5.41) is 12.3. The third-order valence-corrected chi connectivity index (χ3v) is 2.44. The van der Waals surface area contributed by atoms with Crippen LogP contribution < -0.4 is 10.1 Å². The number of nitrogens with one attached hydrogen (secondary N) is 1. The Balaban J connectivity index is 2.49. The lowest BCUT2D eigenvalue weighted by Crippen LogP contribution is -2.31. The summed E-state index contributed by atoms with van der Waals surface area (Å²) in [4.78, 5) is 0. The lowest BCUT2D eigenvalue weighted by molar-refractivity contribution is 0.238. The maximum absolute atomic E-state index is 9.02. The van der Waals surface area contributed by atoms with Gasteiger partial charge in [-0.15, -0.1) is 0 Å². The molecule has 1 unspecified atom stereocenters. The molecule has 0 saturated heterocycles. The zero-order valence-corrected chi connectivity index (χ0v) is 9.36. The number of ether oxygens (including phenoxy) is 1. The molecule has 0 fully saturated rings. The van der Waals surface area contributed by atoms with Crippen molar-refractivity contribution in [1.29, 1.82) is 0 Å². The largest absolute Gasteiger partial charge is 0.497 e. The molecule has 1 aromatic rings. The van der Waals surface area contributed by atoms with Crippen LogP contribution in [0, 0.1) is 0 Å². The number of hydrogen-bond donors (Lipinski definition) is 2. The SMILES string of the molecule is CCC(CO)NCc1cccc(OC)c1. The Bertz CT molecular complexity index is 285. The summed E-state index contributed by atoms with van der Waals surface area (Å²) in [6.07, 6.45) is 0.931. The van der Waals surface area contributed by atoms with E-state index < -0.39 is 0 Å². The Hall–Kier alpha value is -1.06. The van der Waals surface area contributed by atoms with Gasteiger partial charge in [-0.3, -0.25) is 0 Å². The van der Waals surface area contributed by atoms with Crippen molar-refractivity contribution in [3.63, 3.8) is 0 Å². The zero-order chi connectivity index (χ0) is 11.1. The van der Waals surface area contributed by atoms with Gasteiger partial charge < -0.3 is 15.2 Å². The second-order valence-electron chi connectivity index (χ2n) is 3.52. The fourth-order valence-electron chi connectivity index (χ4n) is 1.38. The van der Waals surface area contributed by atoms with Gasteiger partial charge in [0.1, 0.15) is 5.75 Å². The molecule has 3 nitrogen and oxygen atoms in total. The Morgan fingerprint density at radius 1 is 1.47 bits per heavy atom. The van der Waals surface area contributed by atoms with E-state index in [2.05, 4.69) is 12.2 Å². The van der Waals surface area contributed by atoms with Crippen LogP contribution in [0.15, 0.2) is 24.3 Å². The Morgan fingerprint density at radius 2 is 2.27 bits per heavy atom. The molecule has 0 aromatic heterocycles. The van der Waals surface area contributed by atoms with Crippen LogP contribution in [0.25, 0.3) is 0 Å². The van der Waals surface area contributed by atoms with Crippen LogP contribution >= 0.6 is 0 Å². The number of hydrogen-bond acceptors (Lipinski definition) is 3. The van der Waals surface area contributed by atoms with Gasteiger partial charge >= 0.3 is 0 Å². The van der Waals surface area contributed by atoms with E-state index >= 15 is 0 Å². The van der Waals surface area contributed by atoms with Crippen LogP contribution in [-0.2, 0) is 6.54 Å². The Morgan fingerprint density at radius 3 is 2.87 bits per heavy atom. The van der Waals surface area contributed by atoms with Crippen LogP contribution in [0.3, 0.4) is 0 Å². The standard InChI is InChI=1S/C12H19NO2/c1-3-11(9-14)13-8-10-5-4-6-12(7-10)15-2/h4-7,11,13-14H,3,8-9H2,1-2H3. The molecule has 0 aliphatic rings. The van der Waals surface area contributed by atoms with Crippen molar-refractivity contribution in [2.24, 2.45) is 0 Å². The van der Waals surface area contributed by atoms with Crippen LogP contribution in [0.1, 0.15) is 18.9 Å². The second kappa shape index (κ2) is 6.43. The number of aliphatic hydroxyl groups excluding tert-OH is 1. The van der Waals surface area contributed by atoms with E-state index in [-0.39, 0.29) is 12.6 Å². The Labute approximate surface area is 91.1 Å². The van der Waals surface area contributed by atoms with E-state index in [4.69, 9.17) is 9.84 Å². The normalized spacial score (nSPS) is 12.5. The molecule has 0 saturated carbocycles. The molecule has 2 N–H and O–H groups in total. The number of aliphatic hydroxyl groups is 1. The third-order valence-electron chi connectivity index (χ3n) is 2.44. The fraction of sp³-hybridized carbons (Fsp3) is 0.500. The molecule has 1 aromatic carbocycles. The molecule has 84 valence electrons. The number of rotatable bonds is 6. The quantitative estimate of drug-likeness (QED) is 0.747. The summed E-state index contributed by atoms with van der Waals surface area (Å²) >= 11 is 0. The molecule has 1 rings (SSSR count). The van der Waals surface area contributed by atoms with Crippen molar-refractivity contribution in [1.82, 2.24) is 5.32 Å². The highest BCUT2D eigenvalue weighted by Gasteiger charge is 2.03. The molecule has 0 bridgehead atoms. The molecule has 0 aliphatic heterocycles. The van der Waals surface area contributed by atoms with Gasteiger partial charge in [0.25, 0.3) is 0 Å². The highest BCUT2D eigenvalue weighted by Crippen LogP contribution is 2.12. The molecular formula is C12H19NO2. The predicted molar refractivity (Wildman–Crippen MR) is 61.0 cm³/mol. The van der Waals surface area contributed by atoms with Crippen molar-refractivity contribution >= 4 is 0 Å². The zero-order valence-electron chi connectivity index (χ0n) is 9.36. The van der Waals surface area contributed by atoms with Crippen molar-refractivity contribution in [3.8, 4) is 5.75 Å². The summed E-state index contributed by atoms with van der Waals surface area (Å²) in [6.45, 7) is 3.00. The molecule has 0 spiro atoms. The van der Waals surface area contributed by atoms with E-state index in [0.717, 1.165) is 18.7 Å². The minimum Gasteiger partial charge on any atom is -0.497 e. The van der Waals surface area contributed by atoms with Crippen LogP contribution in [0.4, 0.5) is 0 Å². The van der Waals surface area contributed by atoms with Gasteiger partial charge in [-0.1, -0.05) is 19.1 Å². The lowest BCUT2D eigenvalue weighted by Gasteiger charge is -2.14. The summed E-state index contributed by atoms with van der Waals surface area (Å²) in [5.74, 6) is 0.867. The minimum absolute atomic E-state index is 0.177. The van der Waals surface area contributed by atoms with Gasteiger partial charge in [0, 0.05) is 12.6 Å². The Kier molecular flexibility index (Phi) is 5.15. The van der Waals surface area contributed by atoms with E-state index in [1.165, 1.54) is 5.56 Å². The number of benzene rings is 1. The highest BCUT2D eigenvalue weighted by molar-refractivity contribution is 5.28. The topological polar surface area (TPSA) is 41.5 Å². The van der Waals surface area contributed by atoms with Gasteiger partial charge in [-0.05, 0) is 24.1 Å². The highest BCUT2D eigenvalue weighted by atomic mass is 16.5. The van der Waals surface area contributed by atoms with Crippen molar-refractivity contribution in [2.75, 3.05) is 13.7 Å². The monoisotopic (exact) mass is 209 g/mol. The first kappa shape index (κ1) is 12.0. The average molecular weight is 209 g/mol. The molecule has 0 amide bonds. The van der Waals surface area contributed by atoms with Crippen molar-refractivity contribution in [2.45, 2.75) is 25.9 Å². The van der Waals surface area contributed by atoms with Gasteiger partial charge in [0.05, 0.1) is 13.7 Å². The second-order valence-corrected chi connectivity index (χ2v) is 3.52. The first-order valence-electron chi connectivity index (χ1n) is 5.27. The van der Waals surface area contributed by atoms with Crippen molar-refractivity contribution < 1.29 is 9.84 Å². The molecule has 0 heterocycles. The first-order chi connectivity index (χ1) is 7.30. The maximum atomic E-state index is 9.02. The first-order valence-corrected chi connectivity index (χ1v) is 5.27. The van der Waals surface area contributed by atoms with Gasteiger partial charge in [-0.2, -0.15) is 0 Å². The van der Waals surface area contributed by atoms with Crippen LogP contribution in [0.5, 0.6) is 5.75 Å². The van der Waals surface area contributed by atoms with E-state index in [9.17, 15) is 0 Å². The van der Waals surface area contributed by atoms with E-state index in [0.29, 0.717) is 0 Å². The third kappa shape index (κ3) is 3.90. The minimum atomic E-state index is 0.177. The van der Waals surface area contributed by atoms with Crippen LogP contribution in [-0.4, -0.2) is 24.9 Å². The molecule has 0 aliphatic carbocycles. The van der Waals surface area contributed by atoms with Crippen LogP contribution in [0.2, 0.25) is 0 Å². The maximum Gasteiger partial charge on any atom is 0.119 e. The van der Waals surface area contributed by atoms with Gasteiger partial charge in [0.15, 0.2) is 0 Å². The average Bonchev–Trinajstić information content (AvgIpc) is 2.31. The summed E-state index contributed by atoms with van der Waals surface area (Å²) in [7, 11) is 1.66. The summed E-state index contributed by atoms with van der Waals surface area (Å²) < 4.78 is 5.14. The van der Waals surface area contributed by atoms with Crippen molar-refractivity contribution in [3.05, 3.63) is 29.8 Å². The van der Waals surface area contributed by atoms with E-state index in [1.54, 1.807) is 7.11 Å². The summed E-state index contributed by atoms with van der Waals surface area (Å²) in [5.41, 5.74) is 1.17. The van der Waals surface area contributed by atoms with E-state index in [1.807, 2.05) is 24.3 Å². The molecule has 15 heavy (non-hydrogen) atoms.